The molecule has 0 spiro atoms. The molecule has 3 N–H and O–H groups in total. The van der Waals surface area contributed by atoms with Gasteiger partial charge >= 0.3 is 0 Å². The van der Waals surface area contributed by atoms with Crippen molar-refractivity contribution in [3.8, 4) is 0 Å². The first-order valence-corrected chi connectivity index (χ1v) is 5.87. The molecule has 1 heterocycles. The van der Waals surface area contributed by atoms with Gasteiger partial charge in [-0.3, -0.25) is 4.90 Å². The summed E-state index contributed by atoms with van der Waals surface area (Å²) >= 11 is 0. The van der Waals surface area contributed by atoms with Crippen molar-refractivity contribution >= 4 is 0 Å². The number of aliphatic hydroxyl groups is 1. The fourth-order valence-electron chi connectivity index (χ4n) is 2.82. The van der Waals surface area contributed by atoms with E-state index in [1.165, 1.54) is 32.1 Å². The molecular formula is C11H22N2O. The van der Waals surface area contributed by atoms with E-state index in [0.29, 0.717) is 0 Å². The highest BCUT2D eigenvalue weighted by molar-refractivity contribution is 4.96. The normalized spacial score (nSPS) is 36.4. The largest absolute Gasteiger partial charge is 0.394 e. The van der Waals surface area contributed by atoms with Gasteiger partial charge in [0.05, 0.1) is 12.1 Å². The van der Waals surface area contributed by atoms with Gasteiger partial charge < -0.3 is 10.8 Å². The van der Waals surface area contributed by atoms with Gasteiger partial charge in [0.15, 0.2) is 0 Å². The maximum Gasteiger partial charge on any atom is 0.0624 e. The van der Waals surface area contributed by atoms with Crippen LogP contribution in [0.15, 0.2) is 0 Å². The summed E-state index contributed by atoms with van der Waals surface area (Å²) in [6.45, 7) is 2.12. The van der Waals surface area contributed by atoms with Gasteiger partial charge in [0, 0.05) is 19.1 Å². The lowest BCUT2D eigenvalue weighted by Gasteiger charge is -2.32. The summed E-state index contributed by atoms with van der Waals surface area (Å²) in [5.41, 5.74) is 5.76. The van der Waals surface area contributed by atoms with Crippen LogP contribution >= 0.6 is 0 Å². The first-order chi connectivity index (χ1) is 6.73. The van der Waals surface area contributed by atoms with Gasteiger partial charge in [0.1, 0.15) is 0 Å². The first kappa shape index (κ1) is 10.4. The van der Waals surface area contributed by atoms with Gasteiger partial charge in [0.25, 0.3) is 0 Å². The Morgan fingerprint density at radius 3 is 2.57 bits per heavy atom. The lowest BCUT2D eigenvalue weighted by molar-refractivity contribution is 0.156. The minimum absolute atomic E-state index is 0.135. The van der Waals surface area contributed by atoms with Crippen molar-refractivity contribution in [2.45, 2.75) is 50.1 Å². The molecule has 1 saturated heterocycles. The highest BCUT2D eigenvalue weighted by Crippen LogP contribution is 2.28. The quantitative estimate of drug-likeness (QED) is 0.687. The predicted molar refractivity (Wildman–Crippen MR) is 57.1 cm³/mol. The number of hydrogen-bond donors (Lipinski definition) is 2. The number of hydrogen-bond acceptors (Lipinski definition) is 3. The standard InChI is InChI=1S/C11H22N2O/c12-11(9-14)6-7-13(8-11)10-4-2-1-3-5-10/h10,14H,1-9,12H2. The monoisotopic (exact) mass is 198 g/mol. The molecule has 1 saturated carbocycles. The summed E-state index contributed by atoms with van der Waals surface area (Å²) in [5.74, 6) is 0. The molecule has 1 aliphatic heterocycles. The lowest BCUT2D eigenvalue weighted by atomic mass is 9.94. The molecule has 0 aromatic heterocycles. The Bertz CT molecular complexity index is 192. The summed E-state index contributed by atoms with van der Waals surface area (Å²) in [5, 5.41) is 9.19. The Balaban J connectivity index is 1.88. The summed E-state index contributed by atoms with van der Waals surface area (Å²) < 4.78 is 0. The maximum absolute atomic E-state index is 9.19. The van der Waals surface area contributed by atoms with E-state index >= 15 is 0 Å². The third-order valence-corrected chi connectivity index (χ3v) is 3.82. The van der Waals surface area contributed by atoms with Gasteiger partial charge in [-0.15, -0.1) is 0 Å². The number of rotatable bonds is 2. The van der Waals surface area contributed by atoms with Gasteiger partial charge in [-0.2, -0.15) is 0 Å². The molecule has 2 rings (SSSR count). The molecule has 0 aromatic rings. The summed E-state index contributed by atoms with van der Waals surface area (Å²) in [6.07, 6.45) is 7.77. The Labute approximate surface area is 86.3 Å². The summed E-state index contributed by atoms with van der Waals surface area (Å²) in [7, 11) is 0. The van der Waals surface area contributed by atoms with Gasteiger partial charge in [-0.25, -0.2) is 0 Å². The molecule has 0 aromatic carbocycles. The van der Waals surface area contributed by atoms with Crippen LogP contribution in [0.25, 0.3) is 0 Å². The van der Waals surface area contributed by atoms with Crippen LogP contribution in [0.1, 0.15) is 38.5 Å². The van der Waals surface area contributed by atoms with E-state index in [-0.39, 0.29) is 12.1 Å². The van der Waals surface area contributed by atoms with Crippen molar-refractivity contribution in [1.82, 2.24) is 4.90 Å². The summed E-state index contributed by atoms with van der Waals surface area (Å²) in [4.78, 5) is 2.50. The van der Waals surface area contributed by atoms with Crippen molar-refractivity contribution in [1.29, 1.82) is 0 Å². The zero-order valence-electron chi connectivity index (χ0n) is 8.91. The second-order valence-corrected chi connectivity index (χ2v) is 5.03. The van der Waals surface area contributed by atoms with Crippen molar-refractivity contribution in [2.75, 3.05) is 19.7 Å². The fraction of sp³-hybridized carbons (Fsp3) is 1.00. The van der Waals surface area contributed by atoms with E-state index in [4.69, 9.17) is 5.73 Å². The first-order valence-electron chi connectivity index (χ1n) is 5.87. The molecule has 14 heavy (non-hydrogen) atoms. The topological polar surface area (TPSA) is 49.5 Å². The molecule has 3 heteroatoms. The molecule has 82 valence electrons. The molecule has 3 nitrogen and oxygen atoms in total. The van der Waals surface area contributed by atoms with E-state index in [1.54, 1.807) is 0 Å². The Morgan fingerprint density at radius 2 is 2.00 bits per heavy atom. The van der Waals surface area contributed by atoms with Crippen LogP contribution in [0.3, 0.4) is 0 Å². The van der Waals surface area contributed by atoms with Crippen LogP contribution < -0.4 is 5.73 Å². The van der Waals surface area contributed by atoms with Crippen molar-refractivity contribution in [3.05, 3.63) is 0 Å². The fourth-order valence-corrected chi connectivity index (χ4v) is 2.82. The van der Waals surface area contributed by atoms with Crippen LogP contribution in [0.4, 0.5) is 0 Å². The van der Waals surface area contributed by atoms with Gasteiger partial charge in [0.2, 0.25) is 0 Å². The van der Waals surface area contributed by atoms with Crippen molar-refractivity contribution < 1.29 is 5.11 Å². The maximum atomic E-state index is 9.19. The molecule has 1 unspecified atom stereocenters. The molecule has 2 aliphatic rings. The average Bonchev–Trinajstić information content (AvgIpc) is 2.63. The molecule has 0 amide bonds. The predicted octanol–water partition coefficient (Wildman–Crippen LogP) is 0.715. The minimum atomic E-state index is -0.308. The van der Waals surface area contributed by atoms with E-state index in [0.717, 1.165) is 25.6 Å². The SMILES string of the molecule is NC1(CO)CCN(C2CCCCC2)C1. The Morgan fingerprint density at radius 1 is 1.29 bits per heavy atom. The third-order valence-electron chi connectivity index (χ3n) is 3.82. The molecule has 0 radical (unpaired) electrons. The third kappa shape index (κ3) is 2.10. The number of likely N-dealkylation sites (tertiary alicyclic amines) is 1. The lowest BCUT2D eigenvalue weighted by Crippen LogP contribution is -2.47. The molecule has 2 fully saturated rings. The number of nitrogens with two attached hydrogens (primary N) is 1. The van der Waals surface area contributed by atoms with Gasteiger partial charge in [-0.1, -0.05) is 19.3 Å². The zero-order chi connectivity index (χ0) is 10.0. The van der Waals surface area contributed by atoms with E-state index in [9.17, 15) is 5.11 Å². The number of aliphatic hydroxyl groups excluding tert-OH is 1. The van der Waals surface area contributed by atoms with E-state index < -0.39 is 0 Å². The van der Waals surface area contributed by atoms with Crippen LogP contribution in [0.2, 0.25) is 0 Å². The molecular weight excluding hydrogens is 176 g/mol. The minimum Gasteiger partial charge on any atom is -0.394 e. The molecule has 0 bridgehead atoms. The van der Waals surface area contributed by atoms with Crippen molar-refractivity contribution in [3.63, 3.8) is 0 Å². The van der Waals surface area contributed by atoms with Gasteiger partial charge in [-0.05, 0) is 19.3 Å². The molecule has 1 atom stereocenters. The van der Waals surface area contributed by atoms with Crippen molar-refractivity contribution in [2.24, 2.45) is 5.73 Å². The van der Waals surface area contributed by atoms with E-state index in [2.05, 4.69) is 4.90 Å². The smallest absolute Gasteiger partial charge is 0.0624 e. The van der Waals surface area contributed by atoms with Crippen LogP contribution in [0, 0.1) is 0 Å². The Hall–Kier alpha value is -0.120. The second-order valence-electron chi connectivity index (χ2n) is 5.03. The van der Waals surface area contributed by atoms with Crippen LogP contribution in [0.5, 0.6) is 0 Å². The summed E-state index contributed by atoms with van der Waals surface area (Å²) in [6, 6.07) is 0.751. The number of nitrogens with zero attached hydrogens (tertiary/aromatic N) is 1. The highest BCUT2D eigenvalue weighted by atomic mass is 16.3. The van der Waals surface area contributed by atoms with Crippen LogP contribution in [-0.4, -0.2) is 41.3 Å². The Kier molecular flexibility index (Phi) is 3.10. The second kappa shape index (κ2) is 4.17. The van der Waals surface area contributed by atoms with Crippen LogP contribution in [-0.2, 0) is 0 Å². The zero-order valence-corrected chi connectivity index (χ0v) is 8.91. The highest BCUT2D eigenvalue weighted by Gasteiger charge is 2.36. The molecule has 1 aliphatic carbocycles. The van der Waals surface area contributed by atoms with E-state index in [1.807, 2.05) is 0 Å². The average molecular weight is 198 g/mol.